The number of amides is 2. The molecule has 1 heterocycles. The summed E-state index contributed by atoms with van der Waals surface area (Å²) in [5.74, 6) is -3.65. The molecule has 2 aromatic carbocycles. The monoisotopic (exact) mass is 623 g/mol. The third-order valence-corrected chi connectivity index (χ3v) is 7.19. The van der Waals surface area contributed by atoms with Gasteiger partial charge in [0.15, 0.2) is 5.69 Å². The Morgan fingerprint density at radius 3 is 2.48 bits per heavy atom. The second kappa shape index (κ2) is 13.4. The molecule has 1 aliphatic carbocycles. The highest BCUT2D eigenvalue weighted by molar-refractivity contribution is 6.36. The van der Waals surface area contributed by atoms with E-state index in [2.05, 4.69) is 21.7 Å². The van der Waals surface area contributed by atoms with Crippen LogP contribution in [0.4, 0.5) is 18.9 Å². The van der Waals surface area contributed by atoms with E-state index in [9.17, 15) is 27.6 Å². The van der Waals surface area contributed by atoms with E-state index in [4.69, 9.17) is 32.4 Å². The van der Waals surface area contributed by atoms with Gasteiger partial charge >= 0.3 is 12.1 Å². The number of carbonyl (C=O) groups excluding carboxylic acids is 3. The lowest BCUT2D eigenvalue weighted by molar-refractivity contribution is -0.153. The number of aromatic nitrogens is 1. The molecular weight excluding hydrogens is 598 g/mol. The van der Waals surface area contributed by atoms with Crippen LogP contribution in [0.2, 0.25) is 10.0 Å². The highest BCUT2D eigenvalue weighted by Gasteiger charge is 2.42. The van der Waals surface area contributed by atoms with Crippen molar-refractivity contribution in [1.29, 1.82) is 0 Å². The number of carbonyl (C=O) groups is 3. The molecular formula is C29H26Cl2F3N3O5. The van der Waals surface area contributed by atoms with Gasteiger partial charge in [-0.25, -0.2) is 4.98 Å². The van der Waals surface area contributed by atoms with Gasteiger partial charge in [-0.15, -0.1) is 0 Å². The van der Waals surface area contributed by atoms with Crippen LogP contribution in [0.1, 0.15) is 53.9 Å². The fourth-order valence-electron chi connectivity index (χ4n) is 4.46. The quantitative estimate of drug-likeness (QED) is 0.244. The minimum atomic E-state index is -5.00. The van der Waals surface area contributed by atoms with E-state index in [1.54, 1.807) is 12.1 Å². The minimum Gasteiger partial charge on any atom is -0.469 e. The van der Waals surface area contributed by atoms with Crippen LogP contribution >= 0.6 is 23.2 Å². The van der Waals surface area contributed by atoms with Crippen molar-refractivity contribution in [2.24, 2.45) is 5.92 Å². The second-order valence-corrected chi connectivity index (χ2v) is 10.4. The molecule has 2 N–H and O–H groups in total. The maximum atomic E-state index is 13.6. The van der Waals surface area contributed by atoms with Crippen LogP contribution in [-0.4, -0.2) is 36.4 Å². The van der Waals surface area contributed by atoms with Crippen molar-refractivity contribution in [2.75, 3.05) is 19.0 Å². The molecule has 0 fully saturated rings. The van der Waals surface area contributed by atoms with E-state index in [1.165, 1.54) is 25.3 Å². The number of ether oxygens (including phenoxy) is 1. The van der Waals surface area contributed by atoms with Crippen LogP contribution in [0.3, 0.4) is 0 Å². The Labute approximate surface area is 249 Å². The molecule has 1 atom stereocenters. The number of methoxy groups -OCH3 is 1. The first-order valence-electron chi connectivity index (χ1n) is 12.9. The fourth-order valence-corrected chi connectivity index (χ4v) is 4.95. The number of oxazole rings is 1. The number of esters is 1. The summed E-state index contributed by atoms with van der Waals surface area (Å²) < 4.78 is 50.3. The van der Waals surface area contributed by atoms with Crippen LogP contribution in [0, 0.1) is 5.92 Å². The second-order valence-electron chi connectivity index (χ2n) is 9.60. The summed E-state index contributed by atoms with van der Waals surface area (Å²) in [6.07, 6.45) is -0.215. The van der Waals surface area contributed by atoms with E-state index in [0.717, 1.165) is 30.4 Å². The highest BCUT2D eigenvalue weighted by atomic mass is 35.5. The number of nitrogens with one attached hydrogen (secondary N) is 2. The predicted molar refractivity (Wildman–Crippen MR) is 151 cm³/mol. The van der Waals surface area contributed by atoms with Gasteiger partial charge in [0, 0.05) is 30.1 Å². The smallest absolute Gasteiger partial charge is 0.452 e. The summed E-state index contributed by atoms with van der Waals surface area (Å²) in [4.78, 5) is 40.2. The molecule has 8 nitrogen and oxygen atoms in total. The average Bonchev–Trinajstić information content (AvgIpc) is 3.40. The van der Waals surface area contributed by atoms with Crippen LogP contribution in [0.25, 0.3) is 17.0 Å². The van der Waals surface area contributed by atoms with Crippen molar-refractivity contribution in [3.8, 4) is 11.5 Å². The number of hydrogen-bond donors (Lipinski definition) is 2. The molecule has 1 unspecified atom stereocenters. The lowest BCUT2D eigenvalue weighted by Crippen LogP contribution is -2.29. The first kappa shape index (κ1) is 31.1. The predicted octanol–water partition coefficient (Wildman–Crippen LogP) is 7.17. The number of rotatable bonds is 9. The minimum absolute atomic E-state index is 0.00567. The summed E-state index contributed by atoms with van der Waals surface area (Å²) in [6, 6.07) is 11.2. The first-order chi connectivity index (χ1) is 19.9. The van der Waals surface area contributed by atoms with E-state index in [0.29, 0.717) is 12.1 Å². The van der Waals surface area contributed by atoms with E-state index >= 15 is 0 Å². The molecule has 1 aromatic heterocycles. The summed E-state index contributed by atoms with van der Waals surface area (Å²) >= 11 is 11.9. The third kappa shape index (κ3) is 7.92. The first-order valence-corrected chi connectivity index (χ1v) is 13.7. The number of allylic oxidation sites excluding steroid dienone is 2. The Morgan fingerprint density at radius 1 is 1.12 bits per heavy atom. The Hall–Kier alpha value is -3.83. The van der Waals surface area contributed by atoms with Crippen LogP contribution in [-0.2, 0) is 20.5 Å². The molecule has 0 saturated carbocycles. The van der Waals surface area contributed by atoms with Gasteiger partial charge in [0.2, 0.25) is 17.6 Å². The lowest BCUT2D eigenvalue weighted by Gasteiger charge is -2.21. The van der Waals surface area contributed by atoms with Gasteiger partial charge in [-0.2, -0.15) is 13.2 Å². The number of hydrogen-bond acceptors (Lipinski definition) is 6. The normalized spacial score (nSPS) is 15.1. The Bertz CT molecular complexity index is 1500. The Morgan fingerprint density at radius 2 is 1.86 bits per heavy atom. The Kier molecular flexibility index (Phi) is 9.95. The standard InChI is InChI=1S/C29H26Cl2F3N3O5/c1-41-24(39)14-16-2-4-17(5-3-16)18-6-9-20(10-7-18)36-23(38)12-13-35-27(40)25-26(29(32,33)34)42-28(37-25)21-11-8-19(30)15-22(21)31/h4,6-11,15-16H,2-3,5,12-14H2,1H3,(H,35,40)(H,36,38). The summed E-state index contributed by atoms with van der Waals surface area (Å²) in [7, 11) is 1.38. The molecule has 2 amide bonds. The molecule has 13 heteroatoms. The lowest BCUT2D eigenvalue weighted by atomic mass is 9.85. The van der Waals surface area contributed by atoms with Gasteiger partial charge in [-0.05, 0) is 66.6 Å². The van der Waals surface area contributed by atoms with Crippen LogP contribution < -0.4 is 10.6 Å². The van der Waals surface area contributed by atoms with Crippen molar-refractivity contribution in [3.05, 3.63) is 75.6 Å². The Balaban J connectivity index is 1.31. The SMILES string of the molecule is COC(=O)CC1CC=C(c2ccc(NC(=O)CCNC(=O)c3nc(-c4ccc(Cl)cc4Cl)oc3C(F)(F)F)cc2)CC1. The molecule has 1 aliphatic rings. The third-order valence-electron chi connectivity index (χ3n) is 6.64. The zero-order chi connectivity index (χ0) is 30.4. The summed E-state index contributed by atoms with van der Waals surface area (Å²) in [5.41, 5.74) is 1.73. The van der Waals surface area contributed by atoms with Crippen LogP contribution in [0.15, 0.2) is 53.0 Å². The van der Waals surface area contributed by atoms with E-state index in [1.807, 2.05) is 12.1 Å². The zero-order valence-corrected chi connectivity index (χ0v) is 23.8. The van der Waals surface area contributed by atoms with Gasteiger partial charge < -0.3 is 19.8 Å². The van der Waals surface area contributed by atoms with Crippen molar-refractivity contribution < 1.29 is 36.7 Å². The fraction of sp³-hybridized carbons (Fsp3) is 0.310. The molecule has 0 radical (unpaired) electrons. The topological polar surface area (TPSA) is 111 Å². The van der Waals surface area contributed by atoms with Gasteiger partial charge in [-0.3, -0.25) is 14.4 Å². The summed E-state index contributed by atoms with van der Waals surface area (Å²) in [5, 5.41) is 5.22. The van der Waals surface area contributed by atoms with Crippen molar-refractivity contribution in [1.82, 2.24) is 10.3 Å². The van der Waals surface area contributed by atoms with Gasteiger partial charge in [-0.1, -0.05) is 41.4 Å². The maximum absolute atomic E-state index is 13.6. The molecule has 0 spiro atoms. The molecule has 222 valence electrons. The van der Waals surface area contributed by atoms with Gasteiger partial charge in [0.05, 0.1) is 17.7 Å². The zero-order valence-electron chi connectivity index (χ0n) is 22.3. The number of anilines is 1. The molecule has 3 aromatic rings. The molecule has 0 bridgehead atoms. The molecule has 42 heavy (non-hydrogen) atoms. The number of halogens is 5. The van der Waals surface area contributed by atoms with E-state index < -0.39 is 35.3 Å². The average molecular weight is 624 g/mol. The van der Waals surface area contributed by atoms with Gasteiger partial charge in [0.1, 0.15) is 0 Å². The molecule has 0 saturated heterocycles. The van der Waals surface area contributed by atoms with Gasteiger partial charge in [0.25, 0.3) is 5.91 Å². The number of alkyl halides is 3. The van der Waals surface area contributed by atoms with Crippen molar-refractivity contribution in [3.63, 3.8) is 0 Å². The number of nitrogens with zero attached hydrogens (tertiary/aromatic N) is 1. The van der Waals surface area contributed by atoms with Crippen molar-refractivity contribution >= 4 is 52.2 Å². The maximum Gasteiger partial charge on any atom is 0.452 e. The summed E-state index contributed by atoms with van der Waals surface area (Å²) in [6.45, 7) is -0.246. The van der Waals surface area contributed by atoms with Crippen molar-refractivity contribution in [2.45, 2.75) is 38.3 Å². The largest absolute Gasteiger partial charge is 0.469 e. The van der Waals surface area contributed by atoms with Crippen LogP contribution in [0.5, 0.6) is 0 Å². The van der Waals surface area contributed by atoms with E-state index in [-0.39, 0.29) is 40.5 Å². The molecule has 0 aliphatic heterocycles. The number of benzene rings is 2. The molecule has 4 rings (SSSR count). The highest BCUT2D eigenvalue weighted by Crippen LogP contribution is 2.38.